The third-order valence-corrected chi connectivity index (χ3v) is 1.97. The molecule has 1 aliphatic rings. The maximum Gasteiger partial charge on any atom is 0.259 e. The van der Waals surface area contributed by atoms with Gasteiger partial charge in [-0.05, 0) is 13.3 Å². The molecule has 0 aliphatic carbocycles. The molecule has 0 N–H and O–H groups in total. The Morgan fingerprint density at radius 2 is 2.38 bits per heavy atom. The van der Waals surface area contributed by atoms with Crippen molar-refractivity contribution in [2.75, 3.05) is 0 Å². The van der Waals surface area contributed by atoms with E-state index in [0.717, 1.165) is 5.01 Å². The fourth-order valence-corrected chi connectivity index (χ4v) is 1.27. The molecule has 4 nitrogen and oxygen atoms in total. The number of hydrazone groups is 1. The Labute approximate surface area is 76.9 Å². The van der Waals surface area contributed by atoms with Crippen LogP contribution in [0.15, 0.2) is 17.8 Å². The molecule has 4 heteroatoms. The van der Waals surface area contributed by atoms with Crippen molar-refractivity contribution in [2.45, 2.75) is 20.3 Å². The number of imide groups is 1. The van der Waals surface area contributed by atoms with Crippen molar-refractivity contribution in [3.63, 3.8) is 0 Å². The predicted molar refractivity (Wildman–Crippen MR) is 48.9 cm³/mol. The molecule has 0 radical (unpaired) electrons. The fraction of sp³-hybridized carbons (Fsp3) is 0.444. The Hall–Kier alpha value is -1.45. The number of hydrogen-bond donors (Lipinski definition) is 0. The Bertz CT molecular complexity index is 294. The lowest BCUT2D eigenvalue weighted by atomic mass is 10.0. The number of carbonyl (C=O) groups excluding carboxylic acids is 2. The SMILES string of the molecule is C=CCC1C(=O)N(C(C)=O)N=C1C. The average molecular weight is 180 g/mol. The van der Waals surface area contributed by atoms with Crippen LogP contribution < -0.4 is 0 Å². The first-order valence-electron chi connectivity index (χ1n) is 4.08. The molecule has 1 rings (SSSR count). The molecule has 2 amide bonds. The summed E-state index contributed by atoms with van der Waals surface area (Å²) >= 11 is 0. The van der Waals surface area contributed by atoms with Gasteiger partial charge in [-0.15, -0.1) is 6.58 Å². The molecule has 1 aliphatic heterocycles. The van der Waals surface area contributed by atoms with Gasteiger partial charge in [0.1, 0.15) is 0 Å². The van der Waals surface area contributed by atoms with Crippen LogP contribution in [0.4, 0.5) is 0 Å². The number of amides is 2. The minimum Gasteiger partial charge on any atom is -0.273 e. The zero-order valence-electron chi connectivity index (χ0n) is 7.78. The van der Waals surface area contributed by atoms with Gasteiger partial charge in [-0.25, -0.2) is 0 Å². The number of nitrogens with zero attached hydrogens (tertiary/aromatic N) is 2. The van der Waals surface area contributed by atoms with E-state index in [1.807, 2.05) is 0 Å². The summed E-state index contributed by atoms with van der Waals surface area (Å²) in [5.41, 5.74) is 0.681. The van der Waals surface area contributed by atoms with Crippen LogP contribution >= 0.6 is 0 Å². The summed E-state index contributed by atoms with van der Waals surface area (Å²) in [6.07, 6.45) is 2.20. The van der Waals surface area contributed by atoms with Crippen molar-refractivity contribution in [1.29, 1.82) is 0 Å². The van der Waals surface area contributed by atoms with E-state index in [1.54, 1.807) is 13.0 Å². The highest BCUT2D eigenvalue weighted by atomic mass is 16.2. The lowest BCUT2D eigenvalue weighted by molar-refractivity contribution is -0.143. The van der Waals surface area contributed by atoms with Gasteiger partial charge in [0.15, 0.2) is 0 Å². The highest BCUT2D eigenvalue weighted by molar-refractivity contribution is 6.12. The molecular weight excluding hydrogens is 168 g/mol. The largest absolute Gasteiger partial charge is 0.273 e. The van der Waals surface area contributed by atoms with Crippen molar-refractivity contribution in [3.8, 4) is 0 Å². The molecule has 1 heterocycles. The molecule has 0 saturated carbocycles. The van der Waals surface area contributed by atoms with Gasteiger partial charge in [-0.3, -0.25) is 9.59 Å². The topological polar surface area (TPSA) is 49.7 Å². The van der Waals surface area contributed by atoms with E-state index in [2.05, 4.69) is 11.7 Å². The number of allylic oxidation sites excluding steroid dienone is 1. The van der Waals surface area contributed by atoms with Crippen LogP contribution in [0, 0.1) is 5.92 Å². The Morgan fingerprint density at radius 1 is 1.77 bits per heavy atom. The van der Waals surface area contributed by atoms with Crippen molar-refractivity contribution < 1.29 is 9.59 Å². The lowest BCUT2D eigenvalue weighted by Gasteiger charge is -2.08. The highest BCUT2D eigenvalue weighted by Gasteiger charge is 2.34. The molecule has 70 valence electrons. The molecule has 0 spiro atoms. The van der Waals surface area contributed by atoms with Crippen LogP contribution in [0.5, 0.6) is 0 Å². The molecule has 0 fully saturated rings. The highest BCUT2D eigenvalue weighted by Crippen LogP contribution is 2.19. The first-order chi connectivity index (χ1) is 6.07. The molecule has 0 aromatic rings. The predicted octanol–water partition coefficient (Wildman–Crippen LogP) is 0.943. The van der Waals surface area contributed by atoms with Gasteiger partial charge in [0.25, 0.3) is 5.91 Å². The van der Waals surface area contributed by atoms with Crippen LogP contribution in [0.25, 0.3) is 0 Å². The van der Waals surface area contributed by atoms with E-state index >= 15 is 0 Å². The molecule has 0 aromatic heterocycles. The van der Waals surface area contributed by atoms with Gasteiger partial charge in [0, 0.05) is 12.6 Å². The number of hydrogen-bond acceptors (Lipinski definition) is 3. The third-order valence-electron chi connectivity index (χ3n) is 1.97. The summed E-state index contributed by atoms with van der Waals surface area (Å²) in [6.45, 7) is 6.62. The Balaban J connectivity index is 2.85. The van der Waals surface area contributed by atoms with Gasteiger partial charge >= 0.3 is 0 Å². The quantitative estimate of drug-likeness (QED) is 0.594. The van der Waals surface area contributed by atoms with Crippen LogP contribution in [-0.4, -0.2) is 22.5 Å². The summed E-state index contributed by atoms with van der Waals surface area (Å²) in [5.74, 6) is -0.873. The summed E-state index contributed by atoms with van der Waals surface area (Å²) in [4.78, 5) is 22.4. The monoisotopic (exact) mass is 180 g/mol. The van der Waals surface area contributed by atoms with E-state index in [9.17, 15) is 9.59 Å². The first kappa shape index (κ1) is 9.64. The maximum atomic E-state index is 11.5. The van der Waals surface area contributed by atoms with Crippen molar-refractivity contribution in [1.82, 2.24) is 5.01 Å². The van der Waals surface area contributed by atoms with Gasteiger partial charge in [0.2, 0.25) is 5.91 Å². The van der Waals surface area contributed by atoms with Gasteiger partial charge in [-0.2, -0.15) is 10.1 Å². The first-order valence-corrected chi connectivity index (χ1v) is 4.08. The summed E-state index contributed by atoms with van der Waals surface area (Å²) < 4.78 is 0. The number of rotatable bonds is 2. The van der Waals surface area contributed by atoms with Gasteiger partial charge in [0.05, 0.1) is 5.92 Å². The fourth-order valence-electron chi connectivity index (χ4n) is 1.27. The van der Waals surface area contributed by atoms with Crippen LogP contribution in [0.3, 0.4) is 0 Å². The Kier molecular flexibility index (Phi) is 2.60. The van der Waals surface area contributed by atoms with E-state index in [4.69, 9.17) is 0 Å². The van der Waals surface area contributed by atoms with E-state index in [-0.39, 0.29) is 17.7 Å². The molecule has 1 unspecified atom stereocenters. The van der Waals surface area contributed by atoms with Crippen LogP contribution in [-0.2, 0) is 9.59 Å². The molecule has 0 aromatic carbocycles. The lowest BCUT2D eigenvalue weighted by Crippen LogP contribution is -2.30. The average Bonchev–Trinajstić information content (AvgIpc) is 2.32. The second kappa shape index (κ2) is 3.51. The van der Waals surface area contributed by atoms with E-state index in [1.165, 1.54) is 6.92 Å². The normalized spacial score (nSPS) is 21.7. The van der Waals surface area contributed by atoms with Crippen LogP contribution in [0.1, 0.15) is 20.3 Å². The molecule has 0 bridgehead atoms. The third kappa shape index (κ3) is 1.66. The minimum absolute atomic E-state index is 0.245. The minimum atomic E-state index is -0.337. The van der Waals surface area contributed by atoms with E-state index in [0.29, 0.717) is 12.1 Å². The molecular formula is C9H12N2O2. The molecule has 1 atom stereocenters. The van der Waals surface area contributed by atoms with Crippen LogP contribution in [0.2, 0.25) is 0 Å². The zero-order valence-corrected chi connectivity index (χ0v) is 7.78. The zero-order chi connectivity index (χ0) is 10.0. The summed E-state index contributed by atoms with van der Waals surface area (Å²) in [5, 5.41) is 4.79. The summed E-state index contributed by atoms with van der Waals surface area (Å²) in [6, 6.07) is 0. The van der Waals surface area contributed by atoms with E-state index < -0.39 is 0 Å². The number of carbonyl (C=O) groups is 2. The van der Waals surface area contributed by atoms with Crippen molar-refractivity contribution in [2.24, 2.45) is 11.0 Å². The summed E-state index contributed by atoms with van der Waals surface area (Å²) in [7, 11) is 0. The Morgan fingerprint density at radius 3 is 2.77 bits per heavy atom. The maximum absolute atomic E-state index is 11.5. The van der Waals surface area contributed by atoms with Crippen molar-refractivity contribution >= 4 is 17.5 Å². The second-order valence-corrected chi connectivity index (χ2v) is 2.99. The second-order valence-electron chi connectivity index (χ2n) is 2.99. The smallest absolute Gasteiger partial charge is 0.259 e. The molecule has 0 saturated heterocycles. The molecule has 13 heavy (non-hydrogen) atoms. The standard InChI is InChI=1S/C9H12N2O2/c1-4-5-8-6(2)10-11(7(3)12)9(8)13/h4,8H,1,5H2,2-3H3. The van der Waals surface area contributed by atoms with Crippen molar-refractivity contribution in [3.05, 3.63) is 12.7 Å². The van der Waals surface area contributed by atoms with Gasteiger partial charge < -0.3 is 0 Å². The van der Waals surface area contributed by atoms with Gasteiger partial charge in [-0.1, -0.05) is 6.08 Å².